The van der Waals surface area contributed by atoms with Crippen molar-refractivity contribution in [1.82, 2.24) is 15.5 Å². The van der Waals surface area contributed by atoms with Crippen molar-refractivity contribution < 1.29 is 22.8 Å². The molecule has 0 bridgehead atoms. The number of hydrogen-bond acceptors (Lipinski definition) is 3. The third-order valence-corrected chi connectivity index (χ3v) is 3.80. The van der Waals surface area contributed by atoms with Gasteiger partial charge < -0.3 is 15.5 Å². The van der Waals surface area contributed by atoms with Crippen LogP contribution in [0.5, 0.6) is 0 Å². The summed E-state index contributed by atoms with van der Waals surface area (Å²) in [4.78, 5) is 24.9. The van der Waals surface area contributed by atoms with Crippen molar-refractivity contribution in [3.05, 3.63) is 0 Å². The molecule has 0 aromatic carbocycles. The van der Waals surface area contributed by atoms with Crippen molar-refractivity contribution in [2.24, 2.45) is 5.92 Å². The number of halogens is 3. The number of carbonyl (C=O) groups excluding carboxylic acids is 2. The third-order valence-electron chi connectivity index (χ3n) is 3.80. The fraction of sp³-hybridized carbons (Fsp3) is 0.833. The van der Waals surface area contributed by atoms with Crippen LogP contribution in [0.1, 0.15) is 19.3 Å². The minimum Gasteiger partial charge on any atom is -0.354 e. The molecule has 20 heavy (non-hydrogen) atoms. The fourth-order valence-corrected chi connectivity index (χ4v) is 2.55. The van der Waals surface area contributed by atoms with Crippen LogP contribution in [0.2, 0.25) is 0 Å². The summed E-state index contributed by atoms with van der Waals surface area (Å²) in [6.07, 6.45) is -3.82. The summed E-state index contributed by atoms with van der Waals surface area (Å²) in [6, 6.07) is -0.568. The van der Waals surface area contributed by atoms with Gasteiger partial charge in [0, 0.05) is 32.6 Å². The molecule has 2 N–H and O–H groups in total. The van der Waals surface area contributed by atoms with Crippen molar-refractivity contribution in [1.29, 1.82) is 0 Å². The molecule has 2 fully saturated rings. The lowest BCUT2D eigenvalue weighted by molar-refractivity contribution is -0.180. The van der Waals surface area contributed by atoms with Crippen LogP contribution in [0.25, 0.3) is 0 Å². The highest BCUT2D eigenvalue weighted by molar-refractivity contribution is 5.83. The molecule has 0 spiro atoms. The SMILES string of the molecule is O=C1CCN(C(=O)C2CCC(C(F)(F)F)CN2)CCN1. The lowest BCUT2D eigenvalue weighted by Gasteiger charge is -2.33. The van der Waals surface area contributed by atoms with Gasteiger partial charge >= 0.3 is 6.18 Å². The van der Waals surface area contributed by atoms with E-state index in [1.807, 2.05) is 0 Å². The van der Waals surface area contributed by atoms with Gasteiger partial charge in [-0.05, 0) is 12.8 Å². The zero-order valence-electron chi connectivity index (χ0n) is 11.0. The molecule has 8 heteroatoms. The van der Waals surface area contributed by atoms with Crippen molar-refractivity contribution in [2.75, 3.05) is 26.2 Å². The maximum absolute atomic E-state index is 12.5. The predicted molar refractivity (Wildman–Crippen MR) is 64.8 cm³/mol. The average Bonchev–Trinajstić information content (AvgIpc) is 2.62. The van der Waals surface area contributed by atoms with E-state index >= 15 is 0 Å². The second-order valence-corrected chi connectivity index (χ2v) is 5.20. The van der Waals surface area contributed by atoms with Crippen LogP contribution in [0.3, 0.4) is 0 Å². The molecule has 2 saturated heterocycles. The lowest BCUT2D eigenvalue weighted by Crippen LogP contribution is -2.53. The largest absolute Gasteiger partial charge is 0.393 e. The van der Waals surface area contributed by atoms with Gasteiger partial charge in [-0.1, -0.05) is 0 Å². The molecule has 2 rings (SSSR count). The lowest BCUT2D eigenvalue weighted by atomic mass is 9.93. The van der Waals surface area contributed by atoms with E-state index in [2.05, 4.69) is 10.6 Å². The Morgan fingerprint density at radius 2 is 2.00 bits per heavy atom. The molecular weight excluding hydrogens is 275 g/mol. The first-order valence-electron chi connectivity index (χ1n) is 6.73. The van der Waals surface area contributed by atoms with Crippen LogP contribution >= 0.6 is 0 Å². The minimum atomic E-state index is -4.21. The second-order valence-electron chi connectivity index (χ2n) is 5.20. The van der Waals surface area contributed by atoms with Gasteiger partial charge in [0.1, 0.15) is 0 Å². The maximum atomic E-state index is 12.5. The van der Waals surface area contributed by atoms with Crippen LogP contribution in [0, 0.1) is 5.92 Å². The van der Waals surface area contributed by atoms with E-state index in [1.165, 1.54) is 0 Å². The molecule has 5 nitrogen and oxygen atoms in total. The molecule has 0 aliphatic carbocycles. The normalized spacial score (nSPS) is 28.8. The van der Waals surface area contributed by atoms with Gasteiger partial charge in [-0.15, -0.1) is 0 Å². The molecule has 0 radical (unpaired) electrons. The van der Waals surface area contributed by atoms with Gasteiger partial charge in [0.05, 0.1) is 12.0 Å². The average molecular weight is 293 g/mol. The molecule has 0 aromatic heterocycles. The van der Waals surface area contributed by atoms with Gasteiger partial charge in [-0.25, -0.2) is 0 Å². The topological polar surface area (TPSA) is 61.4 Å². The standard InChI is InChI=1S/C12H18F3N3O2/c13-12(14,15)8-1-2-9(17-7-8)11(20)18-5-3-10(19)16-4-6-18/h8-9,17H,1-7H2,(H,16,19). The second kappa shape index (κ2) is 5.99. The Morgan fingerprint density at radius 1 is 1.25 bits per heavy atom. The number of alkyl halides is 3. The van der Waals surface area contributed by atoms with Crippen molar-refractivity contribution in [2.45, 2.75) is 31.5 Å². The van der Waals surface area contributed by atoms with E-state index in [-0.39, 0.29) is 37.6 Å². The van der Waals surface area contributed by atoms with Gasteiger partial charge in [0.2, 0.25) is 11.8 Å². The number of piperidine rings is 1. The highest BCUT2D eigenvalue weighted by atomic mass is 19.4. The Bertz CT molecular complexity index is 379. The Hall–Kier alpha value is -1.31. The van der Waals surface area contributed by atoms with Crippen LogP contribution in [-0.2, 0) is 9.59 Å². The molecular formula is C12H18F3N3O2. The third kappa shape index (κ3) is 3.62. The van der Waals surface area contributed by atoms with E-state index < -0.39 is 18.1 Å². The van der Waals surface area contributed by atoms with E-state index in [4.69, 9.17) is 0 Å². The zero-order valence-corrected chi connectivity index (χ0v) is 11.0. The Labute approximate surface area is 114 Å². The van der Waals surface area contributed by atoms with Crippen LogP contribution in [0.4, 0.5) is 13.2 Å². The molecule has 2 aliphatic rings. The fourth-order valence-electron chi connectivity index (χ4n) is 2.55. The number of rotatable bonds is 1. The number of amides is 2. The first kappa shape index (κ1) is 15.1. The van der Waals surface area contributed by atoms with Crippen LogP contribution < -0.4 is 10.6 Å². The first-order chi connectivity index (χ1) is 9.38. The van der Waals surface area contributed by atoms with Gasteiger partial charge in [-0.2, -0.15) is 13.2 Å². The van der Waals surface area contributed by atoms with Crippen LogP contribution in [-0.4, -0.2) is 55.1 Å². The predicted octanol–water partition coefficient (Wildman–Crippen LogP) is 0.265. The maximum Gasteiger partial charge on any atom is 0.393 e. The molecule has 2 unspecified atom stereocenters. The summed E-state index contributed by atoms with van der Waals surface area (Å²) in [5.74, 6) is -1.69. The number of nitrogens with one attached hydrogen (secondary N) is 2. The van der Waals surface area contributed by atoms with Gasteiger partial charge in [0.15, 0.2) is 0 Å². The molecule has 2 aliphatic heterocycles. The van der Waals surface area contributed by atoms with Gasteiger partial charge in [0.25, 0.3) is 0 Å². The van der Waals surface area contributed by atoms with Crippen molar-refractivity contribution in [3.63, 3.8) is 0 Å². The van der Waals surface area contributed by atoms with E-state index in [0.29, 0.717) is 19.6 Å². The van der Waals surface area contributed by atoms with Crippen molar-refractivity contribution >= 4 is 11.8 Å². The molecule has 0 aromatic rings. The van der Waals surface area contributed by atoms with E-state index in [1.54, 1.807) is 4.90 Å². The van der Waals surface area contributed by atoms with Crippen molar-refractivity contribution in [3.8, 4) is 0 Å². The highest BCUT2D eigenvalue weighted by Crippen LogP contribution is 2.32. The van der Waals surface area contributed by atoms with Gasteiger partial charge in [-0.3, -0.25) is 9.59 Å². The first-order valence-corrected chi connectivity index (χ1v) is 6.73. The molecule has 114 valence electrons. The van der Waals surface area contributed by atoms with E-state index in [9.17, 15) is 22.8 Å². The highest BCUT2D eigenvalue weighted by Gasteiger charge is 2.43. The summed E-state index contributed by atoms with van der Waals surface area (Å²) >= 11 is 0. The summed E-state index contributed by atoms with van der Waals surface area (Å²) in [7, 11) is 0. The molecule has 2 heterocycles. The van der Waals surface area contributed by atoms with E-state index in [0.717, 1.165) is 0 Å². The van der Waals surface area contributed by atoms with Crippen LogP contribution in [0.15, 0.2) is 0 Å². The number of carbonyl (C=O) groups is 2. The summed E-state index contributed by atoms with van der Waals surface area (Å²) in [5, 5.41) is 5.35. The zero-order chi connectivity index (χ0) is 14.8. The Kier molecular flexibility index (Phi) is 4.52. The summed E-state index contributed by atoms with van der Waals surface area (Å²) in [6.45, 7) is 0.907. The summed E-state index contributed by atoms with van der Waals surface area (Å²) < 4.78 is 37.6. The molecule has 2 atom stereocenters. The monoisotopic (exact) mass is 293 g/mol. The quantitative estimate of drug-likeness (QED) is 0.729. The minimum absolute atomic E-state index is 0.0298. The molecule has 2 amide bonds. The summed E-state index contributed by atoms with van der Waals surface area (Å²) in [5.41, 5.74) is 0. The smallest absolute Gasteiger partial charge is 0.354 e. The Morgan fingerprint density at radius 3 is 2.60 bits per heavy atom. The number of nitrogens with zero attached hydrogens (tertiary/aromatic N) is 1. The molecule has 0 saturated carbocycles. The Balaban J connectivity index is 1.87. The number of hydrogen-bond donors (Lipinski definition) is 2.